The number of hydrogen-bond donors (Lipinski definition) is 2. The Balaban J connectivity index is 1.26. The minimum absolute atomic E-state index is 0.0463. The maximum Gasteiger partial charge on any atom is 0.166 e. The van der Waals surface area contributed by atoms with E-state index in [0.717, 1.165) is 5.57 Å². The van der Waals surface area contributed by atoms with E-state index in [2.05, 4.69) is 19.9 Å². The molecule has 8 nitrogen and oxygen atoms in total. The van der Waals surface area contributed by atoms with E-state index in [-0.39, 0.29) is 41.3 Å². The van der Waals surface area contributed by atoms with E-state index in [1.165, 1.54) is 0 Å². The lowest BCUT2D eigenvalue weighted by molar-refractivity contribution is -0.275. The van der Waals surface area contributed by atoms with Crippen LogP contribution in [0.4, 0.5) is 0 Å². The summed E-state index contributed by atoms with van der Waals surface area (Å²) in [5.74, 6) is -0.0656. The number of ketones is 2. The van der Waals surface area contributed by atoms with Crippen molar-refractivity contribution in [3.63, 3.8) is 0 Å². The molecule has 4 aliphatic carbocycles. The van der Waals surface area contributed by atoms with E-state index in [1.807, 2.05) is 6.92 Å². The summed E-state index contributed by atoms with van der Waals surface area (Å²) in [4.78, 5) is 27.4. The predicted octanol–water partition coefficient (Wildman–Crippen LogP) is 2.19. The van der Waals surface area contributed by atoms with Crippen LogP contribution < -0.4 is 0 Å². The summed E-state index contributed by atoms with van der Waals surface area (Å²) < 4.78 is 23.8. The number of rotatable bonds is 3. The summed E-state index contributed by atoms with van der Waals surface area (Å²) in [5, 5.41) is 21.6. The van der Waals surface area contributed by atoms with Gasteiger partial charge in [0, 0.05) is 48.5 Å². The zero-order valence-corrected chi connectivity index (χ0v) is 21.9. The van der Waals surface area contributed by atoms with Gasteiger partial charge >= 0.3 is 0 Å². The van der Waals surface area contributed by atoms with Crippen molar-refractivity contribution in [3.05, 3.63) is 11.6 Å². The Labute approximate surface area is 212 Å². The van der Waals surface area contributed by atoms with Crippen LogP contribution in [0.15, 0.2) is 11.6 Å². The van der Waals surface area contributed by atoms with Crippen molar-refractivity contribution in [1.82, 2.24) is 0 Å². The van der Waals surface area contributed by atoms with Crippen molar-refractivity contribution in [3.8, 4) is 0 Å². The van der Waals surface area contributed by atoms with E-state index in [0.29, 0.717) is 32.1 Å². The fraction of sp³-hybridized carbons (Fsp3) is 0.857. The van der Waals surface area contributed by atoms with E-state index in [9.17, 15) is 19.8 Å². The first kappa shape index (κ1) is 25.1. The molecule has 0 aromatic rings. The van der Waals surface area contributed by atoms with Gasteiger partial charge in [0.15, 0.2) is 12.1 Å². The number of fused-ring (bicyclic) bond motifs is 4. The molecule has 200 valence electrons. The van der Waals surface area contributed by atoms with Crippen molar-refractivity contribution in [2.24, 2.45) is 34.5 Å². The lowest BCUT2D eigenvalue weighted by Crippen LogP contribution is -2.62. The Morgan fingerprint density at radius 3 is 2.50 bits per heavy atom. The number of aliphatic hydroxyl groups is 2. The molecule has 2 aliphatic heterocycles. The molecule has 3 saturated carbocycles. The average molecular weight is 505 g/mol. The van der Waals surface area contributed by atoms with E-state index in [4.69, 9.17) is 18.9 Å². The molecular formula is C28H40O8. The summed E-state index contributed by atoms with van der Waals surface area (Å²) >= 11 is 0. The molecule has 0 unspecified atom stereocenters. The van der Waals surface area contributed by atoms with Crippen molar-refractivity contribution < 1.29 is 38.7 Å². The van der Waals surface area contributed by atoms with Crippen LogP contribution in [-0.4, -0.2) is 77.9 Å². The van der Waals surface area contributed by atoms with Gasteiger partial charge in [-0.2, -0.15) is 0 Å². The largest absolute Gasteiger partial charge is 0.390 e. The standard InChI is InChI=1S/C28H40O8/c1-12-16-9-17(29)22-15-7-6-14-8-19(36-21-10-20(33-5)24(31)13(2)34-21)18(30)11-27(14,3)23(15)25(32)26(35-12)28(16,22)4/h6,12-13,15-16,18-24,26,30-31H,7-11H2,1-5H3/t12-,13+,15+,16-,18-,19+,20+,21-,22-,23-,24-,26-,27-,28+/m0/s1. The highest BCUT2D eigenvalue weighted by Gasteiger charge is 2.72. The number of Topliss-reactive ketones (excluding diaryl/α,β-unsaturated/α-hetero) is 2. The number of allylic oxidation sites excluding steroid dienone is 1. The highest BCUT2D eigenvalue weighted by Crippen LogP contribution is 2.67. The fourth-order valence-corrected chi connectivity index (χ4v) is 9.19. The quantitative estimate of drug-likeness (QED) is 0.563. The van der Waals surface area contributed by atoms with E-state index in [1.54, 1.807) is 14.0 Å². The minimum atomic E-state index is -0.783. The van der Waals surface area contributed by atoms with Crippen LogP contribution in [0.2, 0.25) is 0 Å². The second-order valence-electron chi connectivity index (χ2n) is 12.7. The Bertz CT molecular complexity index is 979. The number of ether oxygens (including phenoxy) is 4. The van der Waals surface area contributed by atoms with Gasteiger partial charge in [-0.1, -0.05) is 25.5 Å². The van der Waals surface area contributed by atoms with Crippen LogP contribution in [0, 0.1) is 34.5 Å². The van der Waals surface area contributed by atoms with E-state index >= 15 is 0 Å². The maximum absolute atomic E-state index is 14.1. The topological polar surface area (TPSA) is 112 Å². The molecule has 0 amide bonds. The molecule has 0 radical (unpaired) electrons. The van der Waals surface area contributed by atoms with Crippen molar-refractivity contribution in [2.45, 2.75) is 109 Å². The summed E-state index contributed by atoms with van der Waals surface area (Å²) in [6, 6.07) is 0. The SMILES string of the molecule is CO[C@@H]1C[C@H](O[C@@H]2CC3=CC[C@@H]4[C@H]5C(=O)C[C@H]6[C@H](C)O[C@@H](C(=O)[C@H]4[C@@]3(C)C[C@@H]2O)[C@@]56C)O[C@H](C)[C@@H]1O. The molecule has 0 bridgehead atoms. The smallest absolute Gasteiger partial charge is 0.166 e. The second kappa shape index (κ2) is 8.42. The summed E-state index contributed by atoms with van der Waals surface area (Å²) in [6.07, 6.45) is 0.620. The molecule has 0 aromatic heterocycles. The van der Waals surface area contributed by atoms with Crippen LogP contribution in [0.3, 0.4) is 0 Å². The van der Waals surface area contributed by atoms with Gasteiger partial charge in [-0.3, -0.25) is 9.59 Å². The third-order valence-electron chi connectivity index (χ3n) is 11.0. The third kappa shape index (κ3) is 3.27. The monoisotopic (exact) mass is 504 g/mol. The Kier molecular flexibility index (Phi) is 5.88. The van der Waals surface area contributed by atoms with Crippen LogP contribution in [-0.2, 0) is 28.5 Å². The molecular weight excluding hydrogens is 464 g/mol. The number of methoxy groups -OCH3 is 1. The molecule has 6 aliphatic rings. The molecule has 8 heteroatoms. The van der Waals surface area contributed by atoms with Gasteiger partial charge < -0.3 is 29.2 Å². The lowest BCUT2D eigenvalue weighted by Gasteiger charge is -2.57. The molecule has 5 fully saturated rings. The van der Waals surface area contributed by atoms with Gasteiger partial charge in [0.25, 0.3) is 0 Å². The van der Waals surface area contributed by atoms with Gasteiger partial charge in [0.05, 0.1) is 30.5 Å². The van der Waals surface area contributed by atoms with E-state index < -0.39 is 53.7 Å². The number of carbonyl (C=O) groups excluding carboxylic acids is 2. The molecule has 36 heavy (non-hydrogen) atoms. The molecule has 2 heterocycles. The summed E-state index contributed by atoms with van der Waals surface area (Å²) in [5.41, 5.74) is 0.156. The van der Waals surface area contributed by atoms with Gasteiger partial charge in [0.1, 0.15) is 18.0 Å². The lowest BCUT2D eigenvalue weighted by atomic mass is 9.46. The second-order valence-corrected chi connectivity index (χ2v) is 12.7. The first-order valence-electron chi connectivity index (χ1n) is 13.6. The Morgan fingerprint density at radius 2 is 1.78 bits per heavy atom. The maximum atomic E-state index is 14.1. The minimum Gasteiger partial charge on any atom is -0.390 e. The highest BCUT2D eigenvalue weighted by atomic mass is 16.7. The highest BCUT2D eigenvalue weighted by molar-refractivity contribution is 5.96. The van der Waals surface area contributed by atoms with Gasteiger partial charge in [0.2, 0.25) is 0 Å². The van der Waals surface area contributed by atoms with Gasteiger partial charge in [-0.25, -0.2) is 0 Å². The summed E-state index contributed by atoms with van der Waals surface area (Å²) in [7, 11) is 1.56. The molecule has 2 N–H and O–H groups in total. The molecule has 14 atom stereocenters. The van der Waals surface area contributed by atoms with Gasteiger partial charge in [-0.05, 0) is 39.0 Å². The van der Waals surface area contributed by atoms with Crippen molar-refractivity contribution in [2.75, 3.05) is 7.11 Å². The van der Waals surface area contributed by atoms with Gasteiger partial charge in [-0.15, -0.1) is 0 Å². The Hall–Kier alpha value is -1.16. The molecule has 0 spiro atoms. The number of carbonyl (C=O) groups is 2. The Morgan fingerprint density at radius 1 is 1.03 bits per heavy atom. The zero-order chi connectivity index (χ0) is 25.7. The first-order valence-corrected chi connectivity index (χ1v) is 13.6. The predicted molar refractivity (Wildman–Crippen MR) is 128 cm³/mol. The van der Waals surface area contributed by atoms with Crippen LogP contribution in [0.25, 0.3) is 0 Å². The summed E-state index contributed by atoms with van der Waals surface area (Å²) in [6.45, 7) is 7.97. The van der Waals surface area contributed by atoms with Crippen LogP contribution in [0.5, 0.6) is 0 Å². The normalized spacial score (nSPS) is 56.1. The number of aliphatic hydroxyl groups excluding tert-OH is 2. The van der Waals surface area contributed by atoms with Crippen LogP contribution in [0.1, 0.15) is 59.8 Å². The van der Waals surface area contributed by atoms with Crippen LogP contribution >= 0.6 is 0 Å². The average Bonchev–Trinajstić information content (AvgIpc) is 3.23. The third-order valence-corrected chi connectivity index (χ3v) is 11.0. The van der Waals surface area contributed by atoms with Crippen molar-refractivity contribution in [1.29, 1.82) is 0 Å². The molecule has 0 aromatic carbocycles. The fourth-order valence-electron chi connectivity index (χ4n) is 9.19. The molecule has 6 rings (SSSR count). The zero-order valence-electron chi connectivity index (χ0n) is 21.9. The number of hydrogen-bond acceptors (Lipinski definition) is 8. The first-order chi connectivity index (χ1) is 17.0. The van der Waals surface area contributed by atoms with Crippen molar-refractivity contribution >= 4 is 11.6 Å². The molecule has 2 saturated heterocycles.